The quantitative estimate of drug-likeness (QED) is 0.786. The first-order valence-electron chi connectivity index (χ1n) is 7.80. The molecule has 0 aliphatic carbocycles. The maximum atomic E-state index is 5.25. The summed E-state index contributed by atoms with van der Waals surface area (Å²) in [5, 5.41) is 3.45. The van der Waals surface area contributed by atoms with Gasteiger partial charge in [-0.2, -0.15) is 0 Å². The van der Waals surface area contributed by atoms with Gasteiger partial charge in [-0.15, -0.1) is 0 Å². The van der Waals surface area contributed by atoms with Gasteiger partial charge in [0.2, 0.25) is 0 Å². The topological polar surface area (TPSA) is 24.5 Å². The lowest BCUT2D eigenvalue weighted by Gasteiger charge is -2.32. The average Bonchev–Trinajstić information content (AvgIpc) is 2.42. The molecule has 0 unspecified atom stereocenters. The highest BCUT2D eigenvalue weighted by atomic mass is 16.5. The number of hydrogen-bond donors (Lipinski definition) is 1. The van der Waals surface area contributed by atoms with E-state index >= 15 is 0 Å². The fourth-order valence-corrected chi connectivity index (χ4v) is 3.39. The molecule has 0 radical (unpaired) electrons. The summed E-state index contributed by atoms with van der Waals surface area (Å²) in [6.07, 6.45) is 8.31. The third-order valence-corrected chi connectivity index (χ3v) is 4.65. The summed E-state index contributed by atoms with van der Waals surface area (Å²) in [5.74, 6) is 1.81. The van der Waals surface area contributed by atoms with Gasteiger partial charge in [0.1, 0.15) is 0 Å². The van der Waals surface area contributed by atoms with E-state index in [1.54, 1.807) is 0 Å². The van der Waals surface area contributed by atoms with Gasteiger partial charge in [-0.1, -0.05) is 0 Å². The second-order valence-corrected chi connectivity index (χ2v) is 6.08. The predicted molar refractivity (Wildman–Crippen MR) is 75.9 cm³/mol. The minimum Gasteiger partial charge on any atom is -0.384 e. The Labute approximate surface area is 112 Å². The Morgan fingerprint density at radius 1 is 1.06 bits per heavy atom. The molecule has 2 aliphatic rings. The fourth-order valence-electron chi connectivity index (χ4n) is 3.39. The van der Waals surface area contributed by atoms with E-state index in [4.69, 9.17) is 4.74 Å². The molecule has 2 saturated heterocycles. The average molecular weight is 254 g/mol. The number of rotatable bonds is 6. The lowest BCUT2D eigenvalue weighted by atomic mass is 9.92. The van der Waals surface area contributed by atoms with E-state index in [0.29, 0.717) is 0 Å². The molecule has 106 valence electrons. The van der Waals surface area contributed by atoms with E-state index in [1.165, 1.54) is 71.2 Å². The van der Waals surface area contributed by atoms with E-state index in [1.807, 2.05) is 7.11 Å². The second kappa shape index (κ2) is 8.13. The van der Waals surface area contributed by atoms with Gasteiger partial charge in [0, 0.05) is 13.7 Å². The maximum Gasteiger partial charge on any atom is 0.0491 e. The molecule has 2 heterocycles. The van der Waals surface area contributed by atoms with Crippen LogP contribution < -0.4 is 5.32 Å². The van der Waals surface area contributed by atoms with Gasteiger partial charge in [-0.3, -0.25) is 0 Å². The van der Waals surface area contributed by atoms with Crippen LogP contribution in [-0.4, -0.2) is 51.3 Å². The van der Waals surface area contributed by atoms with Crippen molar-refractivity contribution in [3.05, 3.63) is 0 Å². The lowest BCUT2D eigenvalue weighted by Crippen LogP contribution is -2.36. The van der Waals surface area contributed by atoms with Crippen LogP contribution in [0.25, 0.3) is 0 Å². The van der Waals surface area contributed by atoms with Crippen LogP contribution in [-0.2, 0) is 4.74 Å². The summed E-state index contributed by atoms with van der Waals surface area (Å²) in [7, 11) is 1.82. The van der Waals surface area contributed by atoms with Crippen LogP contribution in [0, 0.1) is 11.8 Å². The zero-order valence-corrected chi connectivity index (χ0v) is 12.0. The van der Waals surface area contributed by atoms with Gasteiger partial charge >= 0.3 is 0 Å². The molecular formula is C15H30N2O. The number of piperidine rings is 2. The van der Waals surface area contributed by atoms with Crippen LogP contribution >= 0.6 is 0 Å². The number of hydrogen-bond acceptors (Lipinski definition) is 3. The highest BCUT2D eigenvalue weighted by Crippen LogP contribution is 2.20. The third-order valence-electron chi connectivity index (χ3n) is 4.65. The second-order valence-electron chi connectivity index (χ2n) is 6.08. The van der Waals surface area contributed by atoms with Gasteiger partial charge in [0.15, 0.2) is 0 Å². The Bertz CT molecular complexity index is 209. The molecule has 0 aromatic heterocycles. The van der Waals surface area contributed by atoms with Gasteiger partial charge in [-0.05, 0) is 83.1 Å². The Morgan fingerprint density at radius 2 is 1.78 bits per heavy atom. The fraction of sp³-hybridized carbons (Fsp3) is 1.00. The van der Waals surface area contributed by atoms with Crippen LogP contribution in [0.4, 0.5) is 0 Å². The predicted octanol–water partition coefficient (Wildman–Crippen LogP) is 2.12. The molecule has 2 fully saturated rings. The van der Waals surface area contributed by atoms with Crippen LogP contribution in [0.2, 0.25) is 0 Å². The highest BCUT2D eigenvalue weighted by Gasteiger charge is 2.19. The number of likely N-dealkylation sites (tertiary alicyclic amines) is 1. The summed E-state index contributed by atoms with van der Waals surface area (Å²) < 4.78 is 5.25. The van der Waals surface area contributed by atoms with Crippen LogP contribution in [0.1, 0.15) is 38.5 Å². The number of methoxy groups -OCH3 is 1. The molecular weight excluding hydrogens is 224 g/mol. The van der Waals surface area contributed by atoms with Crippen molar-refractivity contribution in [2.45, 2.75) is 38.5 Å². The van der Waals surface area contributed by atoms with Gasteiger partial charge in [0.25, 0.3) is 0 Å². The van der Waals surface area contributed by atoms with Crippen molar-refractivity contribution >= 4 is 0 Å². The van der Waals surface area contributed by atoms with E-state index in [2.05, 4.69) is 10.2 Å². The normalized spacial score (nSPS) is 24.5. The molecule has 0 aromatic carbocycles. The monoisotopic (exact) mass is 254 g/mol. The van der Waals surface area contributed by atoms with Crippen molar-refractivity contribution in [1.29, 1.82) is 0 Å². The van der Waals surface area contributed by atoms with E-state index < -0.39 is 0 Å². The van der Waals surface area contributed by atoms with E-state index in [0.717, 1.165) is 18.4 Å². The first kappa shape index (κ1) is 14.3. The number of nitrogens with zero attached hydrogens (tertiary/aromatic N) is 1. The molecule has 3 heteroatoms. The standard InChI is InChI=1S/C15H30N2O/c1-18-13-15-6-11-17(12-7-15)10-2-3-14-4-8-16-9-5-14/h14-16H,2-13H2,1H3. The Kier molecular flexibility index (Phi) is 6.46. The Balaban J connectivity index is 1.52. The first-order valence-corrected chi connectivity index (χ1v) is 7.80. The molecule has 2 aliphatic heterocycles. The molecule has 0 bridgehead atoms. The zero-order valence-electron chi connectivity index (χ0n) is 12.0. The van der Waals surface area contributed by atoms with E-state index in [9.17, 15) is 0 Å². The van der Waals surface area contributed by atoms with Crippen LogP contribution in [0.5, 0.6) is 0 Å². The van der Waals surface area contributed by atoms with Gasteiger partial charge < -0.3 is 15.0 Å². The minimum absolute atomic E-state index is 0.815. The number of ether oxygens (including phenoxy) is 1. The van der Waals surface area contributed by atoms with Crippen LogP contribution in [0.3, 0.4) is 0 Å². The first-order chi connectivity index (χ1) is 8.88. The van der Waals surface area contributed by atoms with Gasteiger partial charge in [-0.25, -0.2) is 0 Å². The molecule has 0 saturated carbocycles. The van der Waals surface area contributed by atoms with Crippen LogP contribution in [0.15, 0.2) is 0 Å². The maximum absolute atomic E-state index is 5.25. The highest BCUT2D eigenvalue weighted by molar-refractivity contribution is 4.73. The molecule has 3 nitrogen and oxygen atoms in total. The molecule has 0 aromatic rings. The molecule has 18 heavy (non-hydrogen) atoms. The summed E-state index contributed by atoms with van der Waals surface area (Å²) in [4.78, 5) is 2.66. The third kappa shape index (κ3) is 4.87. The smallest absolute Gasteiger partial charge is 0.0491 e. The zero-order chi connectivity index (χ0) is 12.6. The van der Waals surface area contributed by atoms with Crippen molar-refractivity contribution in [3.63, 3.8) is 0 Å². The SMILES string of the molecule is COCC1CCN(CCCC2CCNCC2)CC1. The van der Waals surface area contributed by atoms with Crippen molar-refractivity contribution in [2.24, 2.45) is 11.8 Å². The van der Waals surface area contributed by atoms with Crippen molar-refractivity contribution in [2.75, 3.05) is 46.4 Å². The summed E-state index contributed by atoms with van der Waals surface area (Å²) in [5.41, 5.74) is 0. The molecule has 2 rings (SSSR count). The Hall–Kier alpha value is -0.120. The lowest BCUT2D eigenvalue weighted by molar-refractivity contribution is 0.0980. The summed E-state index contributed by atoms with van der Waals surface area (Å²) >= 11 is 0. The van der Waals surface area contributed by atoms with Gasteiger partial charge in [0.05, 0.1) is 0 Å². The molecule has 1 N–H and O–H groups in total. The van der Waals surface area contributed by atoms with Crippen molar-refractivity contribution in [3.8, 4) is 0 Å². The summed E-state index contributed by atoms with van der Waals surface area (Å²) in [6.45, 7) is 7.35. The number of nitrogens with one attached hydrogen (secondary N) is 1. The molecule has 0 spiro atoms. The molecule has 0 atom stereocenters. The molecule has 0 amide bonds. The Morgan fingerprint density at radius 3 is 2.44 bits per heavy atom. The van der Waals surface area contributed by atoms with Crippen molar-refractivity contribution < 1.29 is 4.74 Å². The largest absolute Gasteiger partial charge is 0.384 e. The minimum atomic E-state index is 0.815. The van der Waals surface area contributed by atoms with Crippen molar-refractivity contribution in [1.82, 2.24) is 10.2 Å². The van der Waals surface area contributed by atoms with E-state index in [-0.39, 0.29) is 0 Å². The summed E-state index contributed by atoms with van der Waals surface area (Å²) in [6, 6.07) is 0.